The Kier molecular flexibility index (Phi) is 5.00. The molecule has 1 aromatic rings. The predicted octanol–water partition coefficient (Wildman–Crippen LogP) is 4.16. The molecule has 30 heavy (non-hydrogen) atoms. The van der Waals surface area contributed by atoms with Crippen LogP contribution in [0.3, 0.4) is 0 Å². The van der Waals surface area contributed by atoms with Gasteiger partial charge in [-0.3, -0.25) is 9.58 Å². The summed E-state index contributed by atoms with van der Waals surface area (Å²) in [7, 11) is -2.90. The molecule has 2 saturated carbocycles. The van der Waals surface area contributed by atoms with E-state index in [1.165, 1.54) is 6.07 Å². The van der Waals surface area contributed by atoms with Gasteiger partial charge in [0.2, 0.25) is 0 Å². The van der Waals surface area contributed by atoms with Gasteiger partial charge in [0, 0.05) is 24.2 Å². The van der Waals surface area contributed by atoms with Gasteiger partial charge in [-0.2, -0.15) is 18.3 Å². The lowest BCUT2D eigenvalue weighted by Gasteiger charge is -2.45. The van der Waals surface area contributed by atoms with Gasteiger partial charge < -0.3 is 0 Å². The number of likely N-dealkylation sites (tertiary alicyclic amines) is 1. The van der Waals surface area contributed by atoms with Gasteiger partial charge in [0.25, 0.3) is 0 Å². The van der Waals surface area contributed by atoms with Gasteiger partial charge in [-0.05, 0) is 75.8 Å². The zero-order valence-corrected chi connectivity index (χ0v) is 18.0. The molecule has 5 nitrogen and oxygen atoms in total. The molecule has 4 aliphatic rings. The second-order valence-corrected chi connectivity index (χ2v) is 12.2. The Morgan fingerprint density at radius 1 is 1.03 bits per heavy atom. The van der Waals surface area contributed by atoms with Gasteiger partial charge in [0.05, 0.1) is 17.5 Å². The Bertz CT molecular complexity index is 901. The molecule has 0 bridgehead atoms. The smallest absolute Gasteiger partial charge is 0.300 e. The molecule has 1 atom stereocenters. The summed E-state index contributed by atoms with van der Waals surface area (Å²) < 4.78 is 65.4. The van der Waals surface area contributed by atoms with Gasteiger partial charge in [-0.15, -0.1) is 0 Å². The van der Waals surface area contributed by atoms with Gasteiger partial charge in [0.1, 0.15) is 0 Å². The molecule has 2 aliphatic carbocycles. The van der Waals surface area contributed by atoms with Crippen molar-refractivity contribution in [2.75, 3.05) is 24.6 Å². The number of piperidine rings is 1. The van der Waals surface area contributed by atoms with E-state index < -0.39 is 21.7 Å². The first-order chi connectivity index (χ1) is 14.1. The van der Waals surface area contributed by atoms with Crippen LogP contribution in [0.1, 0.15) is 81.1 Å². The number of rotatable bonds is 3. The lowest BCUT2D eigenvalue weighted by molar-refractivity contribution is -0.141. The molecule has 4 fully saturated rings. The van der Waals surface area contributed by atoms with Crippen LogP contribution in [-0.2, 0) is 16.0 Å². The summed E-state index contributed by atoms with van der Waals surface area (Å²) in [5.41, 5.74) is -0.0626. The molecule has 0 aromatic carbocycles. The molecular weight excluding hydrogens is 415 g/mol. The first-order valence-corrected chi connectivity index (χ1v) is 13.1. The third-order valence-corrected chi connectivity index (χ3v) is 9.62. The molecule has 9 heteroatoms. The Morgan fingerprint density at radius 2 is 1.73 bits per heavy atom. The number of nitrogens with zero attached hydrogens (tertiary/aromatic N) is 3. The minimum absolute atomic E-state index is 0.0693. The lowest BCUT2D eigenvalue weighted by Crippen LogP contribution is -2.49. The second-order valence-electron chi connectivity index (χ2n) is 10.0. The van der Waals surface area contributed by atoms with Crippen molar-refractivity contribution in [3.8, 4) is 0 Å². The van der Waals surface area contributed by atoms with Crippen LogP contribution >= 0.6 is 0 Å². The fourth-order valence-electron chi connectivity index (χ4n) is 6.06. The van der Waals surface area contributed by atoms with Crippen molar-refractivity contribution >= 4 is 9.84 Å². The van der Waals surface area contributed by atoms with Gasteiger partial charge in [-0.25, -0.2) is 8.42 Å². The van der Waals surface area contributed by atoms with Crippen LogP contribution in [0.2, 0.25) is 0 Å². The highest BCUT2D eigenvalue weighted by molar-refractivity contribution is 7.91. The van der Waals surface area contributed by atoms with E-state index in [-0.39, 0.29) is 17.4 Å². The summed E-state index contributed by atoms with van der Waals surface area (Å²) >= 11 is 0. The molecule has 0 amide bonds. The Labute approximate surface area is 175 Å². The second kappa shape index (κ2) is 7.22. The fraction of sp³-hybridized carbons (Fsp3) is 0.857. The maximum atomic E-state index is 13.2. The SMILES string of the molecule is O=S1(=O)CC[C@@]2(CCCN([C@H]3CC[C@H](c4cc(C(F)(F)F)nn4C4CC4)CC3)C2)C1. The molecule has 0 N–H and O–H groups in total. The summed E-state index contributed by atoms with van der Waals surface area (Å²) in [6.45, 7) is 1.87. The van der Waals surface area contributed by atoms with Crippen LogP contribution in [0.4, 0.5) is 13.2 Å². The lowest BCUT2D eigenvalue weighted by atomic mass is 9.77. The highest BCUT2D eigenvalue weighted by Gasteiger charge is 2.46. The predicted molar refractivity (Wildman–Crippen MR) is 107 cm³/mol. The standard InChI is InChI=1S/C21H30F3N3O2S/c22-21(23,24)19-12-18(27(25-19)17-6-7-17)15-2-4-16(5-3-15)26-10-1-8-20(13-26)9-11-30(28,29)14-20/h12,15-17H,1-11,13-14H2/t15-,16-,20-/m1/s1. The number of aromatic nitrogens is 2. The fourth-order valence-corrected chi connectivity index (χ4v) is 8.26. The van der Waals surface area contributed by atoms with Crippen molar-refractivity contribution in [1.29, 1.82) is 0 Å². The first-order valence-electron chi connectivity index (χ1n) is 11.3. The van der Waals surface area contributed by atoms with E-state index in [1.807, 2.05) is 0 Å². The van der Waals surface area contributed by atoms with Gasteiger partial charge >= 0.3 is 6.18 Å². The third-order valence-electron chi connectivity index (χ3n) is 7.74. The minimum atomic E-state index is -4.39. The van der Waals surface area contributed by atoms with Crippen LogP contribution in [0, 0.1) is 5.41 Å². The Morgan fingerprint density at radius 3 is 2.33 bits per heavy atom. The topological polar surface area (TPSA) is 55.2 Å². The maximum Gasteiger partial charge on any atom is 0.435 e. The first kappa shape index (κ1) is 20.8. The Balaban J connectivity index is 1.25. The van der Waals surface area contributed by atoms with E-state index >= 15 is 0 Å². The van der Waals surface area contributed by atoms with E-state index in [4.69, 9.17) is 0 Å². The number of halogens is 3. The summed E-state index contributed by atoms with van der Waals surface area (Å²) in [6.07, 6.45) is 3.94. The highest BCUT2D eigenvalue weighted by Crippen LogP contribution is 2.45. The normalized spacial score (nSPS) is 35.2. The minimum Gasteiger partial charge on any atom is -0.300 e. The van der Waals surface area contributed by atoms with Crippen LogP contribution in [0.15, 0.2) is 6.07 Å². The molecular formula is C21H30F3N3O2S. The zero-order valence-electron chi connectivity index (χ0n) is 17.2. The summed E-state index contributed by atoms with van der Waals surface area (Å²) in [5.74, 6) is 0.781. The largest absolute Gasteiger partial charge is 0.435 e. The number of sulfone groups is 1. The molecule has 168 valence electrons. The average molecular weight is 446 g/mol. The zero-order chi connectivity index (χ0) is 21.1. The Hall–Kier alpha value is -1.09. The van der Waals surface area contributed by atoms with Crippen molar-refractivity contribution in [1.82, 2.24) is 14.7 Å². The van der Waals surface area contributed by atoms with Crippen molar-refractivity contribution < 1.29 is 21.6 Å². The summed E-state index contributed by atoms with van der Waals surface area (Å²) in [4.78, 5) is 2.49. The molecule has 2 aliphatic heterocycles. The number of alkyl halides is 3. The molecule has 1 aromatic heterocycles. The van der Waals surface area contributed by atoms with E-state index in [2.05, 4.69) is 10.00 Å². The number of hydrogen-bond acceptors (Lipinski definition) is 4. The number of hydrogen-bond donors (Lipinski definition) is 0. The van der Waals surface area contributed by atoms with Crippen molar-refractivity contribution in [2.24, 2.45) is 5.41 Å². The molecule has 3 heterocycles. The van der Waals surface area contributed by atoms with Gasteiger partial charge in [0.15, 0.2) is 15.5 Å². The van der Waals surface area contributed by atoms with Crippen LogP contribution in [0.5, 0.6) is 0 Å². The van der Waals surface area contributed by atoms with E-state index in [9.17, 15) is 21.6 Å². The van der Waals surface area contributed by atoms with Gasteiger partial charge in [-0.1, -0.05) is 0 Å². The van der Waals surface area contributed by atoms with E-state index in [0.717, 1.165) is 76.6 Å². The quantitative estimate of drug-likeness (QED) is 0.701. The molecule has 2 saturated heterocycles. The van der Waals surface area contributed by atoms with E-state index in [0.29, 0.717) is 17.5 Å². The monoisotopic (exact) mass is 445 g/mol. The van der Waals surface area contributed by atoms with Crippen molar-refractivity contribution in [3.05, 3.63) is 17.5 Å². The highest BCUT2D eigenvalue weighted by atomic mass is 32.2. The summed E-state index contributed by atoms with van der Waals surface area (Å²) in [6, 6.07) is 1.84. The van der Waals surface area contributed by atoms with Crippen molar-refractivity contribution in [2.45, 2.75) is 82.0 Å². The maximum absolute atomic E-state index is 13.2. The third kappa shape index (κ3) is 4.04. The van der Waals surface area contributed by atoms with E-state index in [1.54, 1.807) is 4.68 Å². The van der Waals surface area contributed by atoms with Crippen molar-refractivity contribution in [3.63, 3.8) is 0 Å². The molecule has 5 rings (SSSR count). The van der Waals surface area contributed by atoms with Crippen LogP contribution in [-0.4, -0.2) is 53.7 Å². The average Bonchev–Trinajstić information content (AvgIpc) is 3.36. The molecule has 0 radical (unpaired) electrons. The summed E-state index contributed by atoms with van der Waals surface area (Å²) in [5, 5.41) is 3.91. The molecule has 1 spiro atoms. The van der Waals surface area contributed by atoms with Crippen LogP contribution in [0.25, 0.3) is 0 Å². The molecule has 0 unspecified atom stereocenters. The van der Waals surface area contributed by atoms with Crippen LogP contribution < -0.4 is 0 Å².